The molecule has 3 N–H and O–H groups in total. The van der Waals surface area contributed by atoms with Crippen LogP contribution >= 0.6 is 0 Å². The van der Waals surface area contributed by atoms with E-state index in [0.29, 0.717) is 22.6 Å². The lowest BCUT2D eigenvalue weighted by Gasteiger charge is -2.42. The molecule has 8 heteroatoms. The lowest BCUT2D eigenvalue weighted by molar-refractivity contribution is -0.0618. The van der Waals surface area contributed by atoms with Crippen molar-refractivity contribution < 1.29 is 14.6 Å². The molecule has 32 heavy (non-hydrogen) atoms. The third-order valence-electron chi connectivity index (χ3n) is 5.58. The number of ether oxygens (including phenoxy) is 1. The number of carbonyl (C=O) groups is 1. The normalized spacial score (nSPS) is 18.8. The quantitative estimate of drug-likeness (QED) is 0.586. The molecular weight excluding hydrogens is 406 g/mol. The van der Waals surface area contributed by atoms with Crippen LogP contribution in [-0.4, -0.2) is 32.6 Å². The number of nitriles is 1. The predicted octanol–water partition coefficient (Wildman–Crippen LogP) is 3.66. The van der Waals surface area contributed by atoms with Crippen molar-refractivity contribution in [3.63, 3.8) is 0 Å². The van der Waals surface area contributed by atoms with Gasteiger partial charge < -0.3 is 20.5 Å². The third-order valence-corrected chi connectivity index (χ3v) is 5.58. The minimum absolute atomic E-state index is 0.422. The predicted molar refractivity (Wildman–Crippen MR) is 120 cm³/mol. The van der Waals surface area contributed by atoms with E-state index < -0.39 is 23.8 Å². The molecule has 0 saturated heterocycles. The number of hydrogen-bond donors (Lipinski definition) is 3. The van der Waals surface area contributed by atoms with Gasteiger partial charge in [-0.05, 0) is 57.2 Å². The first-order valence-corrected chi connectivity index (χ1v) is 10.3. The largest absolute Gasteiger partial charge is 0.485 e. The topological polar surface area (TPSA) is 112 Å². The summed E-state index contributed by atoms with van der Waals surface area (Å²) < 4.78 is 7.69. The van der Waals surface area contributed by atoms with Gasteiger partial charge in [0.15, 0.2) is 0 Å². The number of benzene rings is 2. The van der Waals surface area contributed by atoms with Crippen LogP contribution in [0, 0.1) is 18.3 Å². The van der Waals surface area contributed by atoms with E-state index in [1.165, 1.54) is 0 Å². The molecule has 1 aromatic heterocycles. The fraction of sp³-hybridized carbons (Fsp3) is 0.292. The number of urea groups is 1. The van der Waals surface area contributed by atoms with Gasteiger partial charge in [0.25, 0.3) is 0 Å². The number of aryl methyl sites for hydroxylation is 2. The van der Waals surface area contributed by atoms with Crippen molar-refractivity contribution in [3.8, 4) is 23.1 Å². The van der Waals surface area contributed by atoms with E-state index in [2.05, 4.69) is 21.8 Å². The maximum atomic E-state index is 12.9. The zero-order chi connectivity index (χ0) is 23.0. The van der Waals surface area contributed by atoms with Crippen LogP contribution < -0.4 is 15.4 Å². The number of nitrogens with zero attached hydrogens (tertiary/aromatic N) is 3. The van der Waals surface area contributed by atoms with Gasteiger partial charge in [-0.2, -0.15) is 10.4 Å². The van der Waals surface area contributed by atoms with Crippen LogP contribution in [-0.2, 0) is 7.05 Å². The molecule has 0 radical (unpaired) electrons. The van der Waals surface area contributed by atoms with E-state index in [-0.39, 0.29) is 0 Å². The molecule has 0 bridgehead atoms. The number of hydrogen-bond acceptors (Lipinski definition) is 5. The maximum absolute atomic E-state index is 12.9. The minimum Gasteiger partial charge on any atom is -0.485 e. The Morgan fingerprint density at radius 1 is 1.25 bits per heavy atom. The van der Waals surface area contributed by atoms with Gasteiger partial charge in [-0.3, -0.25) is 4.68 Å². The van der Waals surface area contributed by atoms with Crippen molar-refractivity contribution in [2.45, 2.75) is 38.5 Å². The van der Waals surface area contributed by atoms with Gasteiger partial charge in [-0.25, -0.2) is 4.79 Å². The van der Waals surface area contributed by atoms with Gasteiger partial charge >= 0.3 is 6.03 Å². The fourth-order valence-electron chi connectivity index (χ4n) is 3.97. The van der Waals surface area contributed by atoms with Gasteiger partial charge in [0.2, 0.25) is 0 Å². The van der Waals surface area contributed by atoms with Gasteiger partial charge in [0.1, 0.15) is 17.5 Å². The second-order valence-electron chi connectivity index (χ2n) is 8.47. The molecule has 3 aromatic rings. The molecule has 2 aromatic carbocycles. The molecule has 2 heterocycles. The molecule has 1 aliphatic rings. The lowest BCUT2D eigenvalue weighted by Crippen LogP contribution is -2.54. The molecule has 8 nitrogen and oxygen atoms in total. The highest BCUT2D eigenvalue weighted by Crippen LogP contribution is 2.40. The van der Waals surface area contributed by atoms with Crippen LogP contribution in [0.3, 0.4) is 0 Å². The molecule has 0 aliphatic carbocycles. The van der Waals surface area contributed by atoms with E-state index in [0.717, 1.165) is 17.0 Å². The highest BCUT2D eigenvalue weighted by atomic mass is 16.5. The number of fused-ring (bicyclic) bond motifs is 1. The summed E-state index contributed by atoms with van der Waals surface area (Å²) >= 11 is 0. The van der Waals surface area contributed by atoms with E-state index in [4.69, 9.17) is 4.74 Å². The van der Waals surface area contributed by atoms with E-state index >= 15 is 0 Å². The number of carbonyl (C=O) groups excluding carboxylic acids is 1. The van der Waals surface area contributed by atoms with Crippen molar-refractivity contribution in [1.82, 2.24) is 15.1 Å². The molecule has 0 saturated carbocycles. The summed E-state index contributed by atoms with van der Waals surface area (Å²) in [6, 6.07) is 15.3. The lowest BCUT2D eigenvalue weighted by atomic mass is 9.86. The highest BCUT2D eigenvalue weighted by molar-refractivity contribution is 5.90. The smallest absolute Gasteiger partial charge is 0.319 e. The Balaban J connectivity index is 1.57. The van der Waals surface area contributed by atoms with Crippen molar-refractivity contribution in [3.05, 3.63) is 65.4 Å². The first-order valence-electron chi connectivity index (χ1n) is 10.3. The van der Waals surface area contributed by atoms with Gasteiger partial charge in [0, 0.05) is 23.9 Å². The number of aromatic nitrogens is 2. The van der Waals surface area contributed by atoms with E-state index in [9.17, 15) is 15.2 Å². The van der Waals surface area contributed by atoms with Crippen LogP contribution in [0.15, 0.2) is 48.5 Å². The SMILES string of the molecule is Cc1cc(-c2cccc(NC(=O)N[C@@H]3c4cc(C#N)ccc4OC(C)(C)[C@H]3O)c2)n(C)n1. The van der Waals surface area contributed by atoms with Gasteiger partial charge in [-0.1, -0.05) is 12.1 Å². The first kappa shape index (κ1) is 21.4. The van der Waals surface area contributed by atoms with Crippen molar-refractivity contribution in [2.75, 3.05) is 5.32 Å². The molecule has 0 spiro atoms. The molecule has 2 amide bonds. The number of rotatable bonds is 3. The monoisotopic (exact) mass is 431 g/mol. The molecule has 0 fully saturated rings. The number of nitrogens with one attached hydrogen (secondary N) is 2. The molecule has 1 aliphatic heterocycles. The Hall–Kier alpha value is -3.83. The second-order valence-corrected chi connectivity index (χ2v) is 8.47. The molecule has 164 valence electrons. The zero-order valence-corrected chi connectivity index (χ0v) is 18.4. The Morgan fingerprint density at radius 3 is 2.72 bits per heavy atom. The summed E-state index contributed by atoms with van der Waals surface area (Å²) in [4.78, 5) is 12.9. The van der Waals surface area contributed by atoms with Crippen molar-refractivity contribution in [2.24, 2.45) is 7.05 Å². The number of amides is 2. The summed E-state index contributed by atoms with van der Waals surface area (Å²) in [5.41, 5.74) is 3.43. The summed E-state index contributed by atoms with van der Waals surface area (Å²) in [7, 11) is 1.87. The molecular formula is C24H25N5O3. The first-order chi connectivity index (χ1) is 15.2. The average Bonchev–Trinajstić information content (AvgIpc) is 3.09. The summed E-state index contributed by atoms with van der Waals surface area (Å²) in [6.07, 6.45) is -1.02. The third kappa shape index (κ3) is 4.03. The van der Waals surface area contributed by atoms with Crippen LogP contribution in [0.5, 0.6) is 5.75 Å². The van der Waals surface area contributed by atoms with Crippen LogP contribution in [0.2, 0.25) is 0 Å². The van der Waals surface area contributed by atoms with Crippen LogP contribution in [0.4, 0.5) is 10.5 Å². The van der Waals surface area contributed by atoms with Gasteiger partial charge in [0.05, 0.1) is 29.1 Å². The average molecular weight is 431 g/mol. The Labute approximate surface area is 186 Å². The summed E-state index contributed by atoms with van der Waals surface area (Å²) in [6.45, 7) is 5.44. The summed E-state index contributed by atoms with van der Waals surface area (Å²) in [5.74, 6) is 0.526. The Bertz CT molecular complexity index is 1220. The van der Waals surface area contributed by atoms with Crippen LogP contribution in [0.25, 0.3) is 11.3 Å². The maximum Gasteiger partial charge on any atom is 0.319 e. The number of aliphatic hydroxyl groups is 1. The van der Waals surface area contributed by atoms with Crippen molar-refractivity contribution >= 4 is 11.7 Å². The Morgan fingerprint density at radius 2 is 2.03 bits per heavy atom. The summed E-state index contributed by atoms with van der Waals surface area (Å²) in [5, 5.41) is 30.2. The van der Waals surface area contributed by atoms with Gasteiger partial charge in [-0.15, -0.1) is 0 Å². The van der Waals surface area contributed by atoms with E-state index in [1.54, 1.807) is 42.8 Å². The minimum atomic E-state index is -1.02. The standard InChI is InChI=1S/C24H25N5O3/c1-14-10-19(29(4)28-14)16-6-5-7-17(12-16)26-23(31)27-21-18-11-15(13-25)8-9-20(18)32-24(2,3)22(21)30/h5-12,21-22,30H,1-4H3,(H2,26,27,31)/t21-,22+/m1/s1. The van der Waals surface area contributed by atoms with Crippen molar-refractivity contribution in [1.29, 1.82) is 5.26 Å². The van der Waals surface area contributed by atoms with E-state index in [1.807, 2.05) is 38.2 Å². The Kier molecular flexibility index (Phi) is 5.36. The zero-order valence-electron chi connectivity index (χ0n) is 18.4. The molecule has 4 rings (SSSR count). The molecule has 0 unspecified atom stereocenters. The molecule has 2 atom stereocenters. The fourth-order valence-corrected chi connectivity index (χ4v) is 3.97. The van der Waals surface area contributed by atoms with Crippen LogP contribution in [0.1, 0.15) is 36.7 Å². The number of aliphatic hydroxyl groups excluding tert-OH is 1. The second kappa shape index (κ2) is 8.02. The number of anilines is 1. The highest BCUT2D eigenvalue weighted by Gasteiger charge is 2.43.